The predicted octanol–water partition coefficient (Wildman–Crippen LogP) is 1.84. The summed E-state index contributed by atoms with van der Waals surface area (Å²) in [4.78, 5) is 24.0. The molecule has 0 aliphatic rings. The lowest BCUT2D eigenvalue weighted by Gasteiger charge is -2.07. The molecule has 3 aromatic rings. The molecule has 7 nitrogen and oxygen atoms in total. The van der Waals surface area contributed by atoms with Crippen LogP contribution in [0.1, 0.15) is 21.6 Å². The summed E-state index contributed by atoms with van der Waals surface area (Å²) in [5.41, 5.74) is 1.91. The Morgan fingerprint density at radius 1 is 1.17 bits per heavy atom. The molecule has 2 heterocycles. The molecule has 0 aliphatic heterocycles. The van der Waals surface area contributed by atoms with E-state index < -0.39 is 5.91 Å². The number of anilines is 1. The standard InChI is InChI=1S/C16H14N4O3/c1-11-2-4-12(5-3-11)10-20-15(21)7-6-13(18-20)16(22)17-14-8-9-23-19-14/h2-9H,10H2,1H3,(H,17,19,22). The number of carbonyl (C=O) groups excluding carboxylic acids is 1. The Morgan fingerprint density at radius 3 is 2.65 bits per heavy atom. The van der Waals surface area contributed by atoms with Crippen molar-refractivity contribution in [2.75, 3.05) is 5.32 Å². The van der Waals surface area contributed by atoms with Gasteiger partial charge in [0.15, 0.2) is 5.82 Å². The van der Waals surface area contributed by atoms with E-state index in [1.54, 1.807) is 0 Å². The van der Waals surface area contributed by atoms with Crippen LogP contribution in [0, 0.1) is 6.92 Å². The first kappa shape index (κ1) is 14.7. The summed E-state index contributed by atoms with van der Waals surface area (Å²) in [6, 6.07) is 12.0. The number of aromatic nitrogens is 3. The quantitative estimate of drug-likeness (QED) is 0.794. The minimum Gasteiger partial charge on any atom is -0.363 e. The minimum absolute atomic E-state index is 0.125. The Hall–Kier alpha value is -3.22. The lowest BCUT2D eigenvalue weighted by atomic mass is 10.1. The average Bonchev–Trinajstić information content (AvgIpc) is 3.04. The van der Waals surface area contributed by atoms with Gasteiger partial charge < -0.3 is 9.84 Å². The molecule has 1 aromatic carbocycles. The molecule has 0 spiro atoms. The van der Waals surface area contributed by atoms with E-state index in [4.69, 9.17) is 0 Å². The van der Waals surface area contributed by atoms with Gasteiger partial charge in [0.2, 0.25) is 0 Å². The Morgan fingerprint density at radius 2 is 1.96 bits per heavy atom. The molecule has 0 aliphatic carbocycles. The number of amides is 1. The van der Waals surface area contributed by atoms with Crippen LogP contribution in [0.3, 0.4) is 0 Å². The van der Waals surface area contributed by atoms with E-state index >= 15 is 0 Å². The molecule has 3 rings (SSSR count). The maximum atomic E-state index is 12.1. The number of aryl methyl sites for hydroxylation is 1. The third kappa shape index (κ3) is 3.52. The summed E-state index contributed by atoms with van der Waals surface area (Å²) in [6.07, 6.45) is 1.35. The molecule has 0 saturated heterocycles. The van der Waals surface area contributed by atoms with Crippen molar-refractivity contribution in [3.63, 3.8) is 0 Å². The van der Waals surface area contributed by atoms with Gasteiger partial charge in [-0.1, -0.05) is 35.0 Å². The summed E-state index contributed by atoms with van der Waals surface area (Å²) < 4.78 is 5.89. The largest absolute Gasteiger partial charge is 0.363 e. The maximum absolute atomic E-state index is 12.1. The second kappa shape index (κ2) is 6.27. The number of benzene rings is 1. The lowest BCUT2D eigenvalue weighted by Crippen LogP contribution is -2.26. The molecule has 2 aromatic heterocycles. The van der Waals surface area contributed by atoms with Crippen molar-refractivity contribution in [2.24, 2.45) is 0 Å². The van der Waals surface area contributed by atoms with Gasteiger partial charge in [0.1, 0.15) is 12.0 Å². The van der Waals surface area contributed by atoms with Crippen molar-refractivity contribution >= 4 is 11.7 Å². The number of carbonyl (C=O) groups is 1. The zero-order valence-corrected chi connectivity index (χ0v) is 12.4. The summed E-state index contributed by atoms with van der Waals surface area (Å²) in [6.45, 7) is 2.28. The fourth-order valence-electron chi connectivity index (χ4n) is 2.01. The number of hydrogen-bond donors (Lipinski definition) is 1. The monoisotopic (exact) mass is 310 g/mol. The Balaban J connectivity index is 1.82. The molecule has 0 radical (unpaired) electrons. The summed E-state index contributed by atoms with van der Waals surface area (Å²) in [7, 11) is 0. The van der Waals surface area contributed by atoms with Gasteiger partial charge in [-0.3, -0.25) is 9.59 Å². The van der Waals surface area contributed by atoms with Gasteiger partial charge in [-0.25, -0.2) is 4.68 Å². The van der Waals surface area contributed by atoms with E-state index in [1.807, 2.05) is 31.2 Å². The first-order valence-corrected chi connectivity index (χ1v) is 6.97. The third-order valence-corrected chi connectivity index (χ3v) is 3.23. The topological polar surface area (TPSA) is 90.0 Å². The van der Waals surface area contributed by atoms with E-state index in [9.17, 15) is 9.59 Å². The normalized spacial score (nSPS) is 10.5. The zero-order chi connectivity index (χ0) is 16.2. The smallest absolute Gasteiger partial charge is 0.277 e. The van der Waals surface area contributed by atoms with Crippen molar-refractivity contribution in [2.45, 2.75) is 13.5 Å². The van der Waals surface area contributed by atoms with Crippen LogP contribution in [0.25, 0.3) is 0 Å². The van der Waals surface area contributed by atoms with Gasteiger partial charge in [-0.2, -0.15) is 5.10 Å². The highest BCUT2D eigenvalue weighted by molar-refractivity contribution is 6.02. The Labute approximate surface area is 131 Å². The van der Waals surface area contributed by atoms with Crippen LogP contribution in [0.2, 0.25) is 0 Å². The molecular weight excluding hydrogens is 296 g/mol. The summed E-state index contributed by atoms with van der Waals surface area (Å²) in [5.74, 6) is -0.176. The molecule has 0 fully saturated rings. The minimum atomic E-state index is -0.462. The van der Waals surface area contributed by atoms with Gasteiger partial charge in [0, 0.05) is 12.1 Å². The average molecular weight is 310 g/mol. The molecule has 116 valence electrons. The van der Waals surface area contributed by atoms with E-state index in [0.29, 0.717) is 6.54 Å². The number of nitrogens with zero attached hydrogens (tertiary/aromatic N) is 3. The van der Waals surface area contributed by atoms with Crippen LogP contribution in [0.15, 0.2) is 58.0 Å². The second-order valence-corrected chi connectivity index (χ2v) is 5.04. The highest BCUT2D eigenvalue weighted by Gasteiger charge is 2.11. The Kier molecular flexibility index (Phi) is 4.01. The second-order valence-electron chi connectivity index (χ2n) is 5.04. The molecule has 0 bridgehead atoms. The molecule has 23 heavy (non-hydrogen) atoms. The Bertz CT molecular complexity index is 867. The third-order valence-electron chi connectivity index (χ3n) is 3.23. The highest BCUT2D eigenvalue weighted by atomic mass is 16.5. The van der Waals surface area contributed by atoms with Crippen molar-refractivity contribution in [3.05, 3.63) is 75.9 Å². The van der Waals surface area contributed by atoms with Crippen LogP contribution in [-0.4, -0.2) is 20.8 Å². The molecule has 0 atom stereocenters. The van der Waals surface area contributed by atoms with Crippen LogP contribution in [-0.2, 0) is 6.54 Å². The van der Waals surface area contributed by atoms with Gasteiger partial charge >= 0.3 is 0 Å². The van der Waals surface area contributed by atoms with Gasteiger partial charge in [0.25, 0.3) is 11.5 Å². The van der Waals surface area contributed by atoms with Crippen LogP contribution in [0.5, 0.6) is 0 Å². The van der Waals surface area contributed by atoms with Gasteiger partial charge in [0.05, 0.1) is 6.54 Å². The van der Waals surface area contributed by atoms with Crippen molar-refractivity contribution in [1.82, 2.24) is 14.9 Å². The number of rotatable bonds is 4. The van der Waals surface area contributed by atoms with E-state index in [-0.39, 0.29) is 17.1 Å². The first-order valence-electron chi connectivity index (χ1n) is 6.97. The molecule has 1 N–H and O–H groups in total. The fraction of sp³-hybridized carbons (Fsp3) is 0.125. The summed E-state index contributed by atoms with van der Waals surface area (Å²) >= 11 is 0. The van der Waals surface area contributed by atoms with Crippen LogP contribution in [0.4, 0.5) is 5.82 Å². The highest BCUT2D eigenvalue weighted by Crippen LogP contribution is 2.06. The SMILES string of the molecule is Cc1ccc(Cn2nc(C(=O)Nc3ccon3)ccc2=O)cc1. The van der Waals surface area contributed by atoms with Crippen molar-refractivity contribution in [1.29, 1.82) is 0 Å². The van der Waals surface area contributed by atoms with E-state index in [1.165, 1.54) is 29.1 Å². The molecule has 1 amide bonds. The number of hydrogen-bond acceptors (Lipinski definition) is 5. The molecular formula is C16H14N4O3. The number of nitrogens with one attached hydrogen (secondary N) is 1. The van der Waals surface area contributed by atoms with Crippen molar-refractivity contribution < 1.29 is 9.32 Å². The summed E-state index contributed by atoms with van der Waals surface area (Å²) in [5, 5.41) is 10.2. The maximum Gasteiger partial charge on any atom is 0.277 e. The molecule has 7 heteroatoms. The first-order chi connectivity index (χ1) is 11.1. The van der Waals surface area contributed by atoms with Gasteiger partial charge in [-0.05, 0) is 18.6 Å². The van der Waals surface area contributed by atoms with Crippen molar-refractivity contribution in [3.8, 4) is 0 Å². The fourth-order valence-corrected chi connectivity index (χ4v) is 2.01. The van der Waals surface area contributed by atoms with Gasteiger partial charge in [-0.15, -0.1) is 0 Å². The lowest BCUT2D eigenvalue weighted by molar-refractivity contribution is 0.101. The predicted molar refractivity (Wildman–Crippen MR) is 83.2 cm³/mol. The van der Waals surface area contributed by atoms with E-state index in [0.717, 1.165) is 11.1 Å². The molecule has 0 saturated carbocycles. The zero-order valence-electron chi connectivity index (χ0n) is 12.4. The van der Waals surface area contributed by atoms with Crippen LogP contribution >= 0.6 is 0 Å². The van der Waals surface area contributed by atoms with Crippen LogP contribution < -0.4 is 10.9 Å². The van der Waals surface area contributed by atoms with E-state index in [2.05, 4.69) is 20.1 Å². The molecule has 0 unspecified atom stereocenters.